The van der Waals surface area contributed by atoms with Crippen molar-refractivity contribution >= 4 is 11.8 Å². The Morgan fingerprint density at radius 1 is 1.20 bits per heavy atom. The second kappa shape index (κ2) is 8.31. The van der Waals surface area contributed by atoms with Crippen LogP contribution in [0.1, 0.15) is 6.92 Å². The molecule has 2 heterocycles. The van der Waals surface area contributed by atoms with Crippen molar-refractivity contribution in [3.63, 3.8) is 0 Å². The fourth-order valence-electron chi connectivity index (χ4n) is 2.71. The first kappa shape index (κ1) is 21.0. The van der Waals surface area contributed by atoms with Gasteiger partial charge in [-0.3, -0.25) is 19.4 Å². The van der Waals surface area contributed by atoms with Crippen LogP contribution in [-0.2, 0) is 11.8 Å². The van der Waals surface area contributed by atoms with Crippen molar-refractivity contribution in [1.29, 1.82) is 0 Å². The molecule has 2 aromatic heterocycles. The van der Waals surface area contributed by atoms with E-state index in [9.17, 15) is 22.8 Å². The van der Waals surface area contributed by atoms with E-state index in [1.807, 2.05) is 0 Å². The summed E-state index contributed by atoms with van der Waals surface area (Å²) in [4.78, 5) is 24.5. The van der Waals surface area contributed by atoms with Gasteiger partial charge in [-0.25, -0.2) is 4.79 Å². The molecule has 0 saturated heterocycles. The largest absolute Gasteiger partial charge is 0.573 e. The molecule has 0 radical (unpaired) electrons. The van der Waals surface area contributed by atoms with Crippen LogP contribution in [0.15, 0.2) is 53.7 Å². The lowest BCUT2D eigenvalue weighted by Gasteiger charge is -2.14. The lowest BCUT2D eigenvalue weighted by atomic mass is 10.1. The quantitative estimate of drug-likeness (QED) is 0.678. The van der Waals surface area contributed by atoms with Gasteiger partial charge in [0.25, 0.3) is 5.56 Å². The van der Waals surface area contributed by atoms with Crippen LogP contribution in [0.2, 0.25) is 0 Å². The highest BCUT2D eigenvalue weighted by atomic mass is 19.4. The monoisotopic (exact) mass is 422 g/mol. The number of alkyl halides is 3. The number of carbonyl (C=O) groups excluding carboxylic acids is 1. The number of hydrogen-bond acceptors (Lipinski definition) is 5. The summed E-state index contributed by atoms with van der Waals surface area (Å²) < 4.78 is 48.5. The van der Waals surface area contributed by atoms with E-state index < -0.39 is 23.8 Å². The molecule has 0 aliphatic rings. The van der Waals surface area contributed by atoms with Gasteiger partial charge in [0.2, 0.25) is 0 Å². The van der Waals surface area contributed by atoms with Crippen molar-refractivity contribution in [3.8, 4) is 22.6 Å². The predicted octanol–water partition coefficient (Wildman–Crippen LogP) is 3.71. The molecule has 0 fully saturated rings. The Morgan fingerprint density at radius 3 is 2.47 bits per heavy atom. The van der Waals surface area contributed by atoms with Gasteiger partial charge in [0.05, 0.1) is 18.5 Å². The fourth-order valence-corrected chi connectivity index (χ4v) is 2.71. The lowest BCUT2D eigenvalue weighted by Crippen LogP contribution is -2.21. The summed E-state index contributed by atoms with van der Waals surface area (Å²) in [6.45, 7) is 1.79. The Kier molecular flexibility index (Phi) is 5.81. The Labute approximate surface area is 168 Å². The Balaban J connectivity index is 2.03. The highest BCUT2D eigenvalue weighted by Gasteiger charge is 2.31. The number of ether oxygens (including phenoxy) is 2. The molecular formula is C19H17F3N4O4. The number of halogens is 3. The summed E-state index contributed by atoms with van der Waals surface area (Å²) in [6.07, 6.45) is -0.859. The molecular weight excluding hydrogens is 405 g/mol. The van der Waals surface area contributed by atoms with E-state index in [1.54, 1.807) is 31.0 Å². The van der Waals surface area contributed by atoms with Crippen LogP contribution in [0.3, 0.4) is 0 Å². The van der Waals surface area contributed by atoms with E-state index in [-0.39, 0.29) is 12.3 Å². The van der Waals surface area contributed by atoms with Crippen LogP contribution >= 0.6 is 0 Å². The summed E-state index contributed by atoms with van der Waals surface area (Å²) in [6, 6.07) is 6.02. The number of pyridine rings is 1. The predicted molar refractivity (Wildman–Crippen MR) is 102 cm³/mol. The van der Waals surface area contributed by atoms with Crippen molar-refractivity contribution in [1.82, 2.24) is 14.3 Å². The van der Waals surface area contributed by atoms with Crippen LogP contribution in [-0.4, -0.2) is 33.4 Å². The fraction of sp³-hybridized carbons (Fsp3) is 0.211. The smallest absolute Gasteiger partial charge is 0.450 e. The van der Waals surface area contributed by atoms with Crippen molar-refractivity contribution in [2.45, 2.75) is 13.3 Å². The SMILES string of the molecule is CCOC(=O)Nc1cc(=O)n(-c2ccc(OC(F)(F)F)cc2)cc1-c1cnn(C)c1. The zero-order valence-corrected chi connectivity index (χ0v) is 15.9. The lowest BCUT2D eigenvalue weighted by molar-refractivity contribution is -0.274. The number of nitrogens with one attached hydrogen (secondary N) is 1. The highest BCUT2D eigenvalue weighted by molar-refractivity contribution is 5.91. The molecule has 8 nitrogen and oxygen atoms in total. The second-order valence-electron chi connectivity index (χ2n) is 6.10. The zero-order chi connectivity index (χ0) is 21.9. The zero-order valence-electron chi connectivity index (χ0n) is 15.9. The molecule has 11 heteroatoms. The molecule has 0 unspecified atom stereocenters. The van der Waals surface area contributed by atoms with Crippen LogP contribution in [0.4, 0.5) is 23.7 Å². The molecule has 0 spiro atoms. The number of anilines is 1. The summed E-state index contributed by atoms with van der Waals surface area (Å²) in [7, 11) is 1.71. The maximum atomic E-state index is 12.6. The molecule has 1 aromatic carbocycles. The van der Waals surface area contributed by atoms with E-state index in [2.05, 4.69) is 15.2 Å². The highest BCUT2D eigenvalue weighted by Crippen LogP contribution is 2.28. The average Bonchev–Trinajstić information content (AvgIpc) is 3.08. The van der Waals surface area contributed by atoms with E-state index in [1.165, 1.54) is 29.0 Å². The van der Waals surface area contributed by atoms with Crippen LogP contribution in [0, 0.1) is 0 Å². The maximum absolute atomic E-state index is 12.6. The third kappa shape index (κ3) is 4.99. The number of rotatable bonds is 5. The van der Waals surface area contributed by atoms with Crippen LogP contribution < -0.4 is 15.6 Å². The normalized spacial score (nSPS) is 11.2. The van der Waals surface area contributed by atoms with Gasteiger partial charge in [-0.2, -0.15) is 5.10 Å². The number of benzene rings is 1. The minimum atomic E-state index is -4.81. The molecule has 3 rings (SSSR count). The average molecular weight is 422 g/mol. The molecule has 0 saturated carbocycles. The van der Waals surface area contributed by atoms with E-state index >= 15 is 0 Å². The molecule has 0 bridgehead atoms. The van der Waals surface area contributed by atoms with E-state index in [4.69, 9.17) is 4.74 Å². The van der Waals surface area contributed by atoms with Gasteiger partial charge in [0.1, 0.15) is 5.75 Å². The molecule has 0 aliphatic heterocycles. The molecule has 1 N–H and O–H groups in total. The van der Waals surface area contributed by atoms with E-state index in [0.717, 1.165) is 12.1 Å². The summed E-state index contributed by atoms with van der Waals surface area (Å²) >= 11 is 0. The third-order valence-corrected chi connectivity index (χ3v) is 3.93. The molecule has 0 atom stereocenters. The molecule has 30 heavy (non-hydrogen) atoms. The number of amides is 1. The summed E-state index contributed by atoms with van der Waals surface area (Å²) in [5.74, 6) is -0.410. The van der Waals surface area contributed by atoms with E-state index in [0.29, 0.717) is 16.8 Å². The Hall–Kier alpha value is -3.76. The van der Waals surface area contributed by atoms with Gasteiger partial charge in [-0.05, 0) is 31.2 Å². The first-order valence-corrected chi connectivity index (χ1v) is 8.72. The first-order chi connectivity index (χ1) is 14.2. The molecule has 1 amide bonds. The van der Waals surface area contributed by atoms with Gasteiger partial charge in [-0.1, -0.05) is 0 Å². The minimum Gasteiger partial charge on any atom is -0.450 e. The van der Waals surface area contributed by atoms with Crippen molar-refractivity contribution in [3.05, 3.63) is 59.3 Å². The number of carbonyl (C=O) groups is 1. The number of aryl methyl sites for hydroxylation is 1. The Morgan fingerprint density at radius 2 is 1.90 bits per heavy atom. The van der Waals surface area contributed by atoms with Gasteiger partial charge in [0, 0.05) is 42.3 Å². The standard InChI is InChI=1S/C19H17F3N4O4/c1-3-29-18(28)24-16-8-17(27)26(11-15(16)12-9-23-25(2)10-12)13-4-6-14(7-5-13)30-19(20,21)22/h4-11H,3H2,1-2H3,(H,24,28). The number of hydrogen-bond donors (Lipinski definition) is 1. The van der Waals surface area contributed by atoms with Gasteiger partial charge >= 0.3 is 12.5 Å². The topological polar surface area (TPSA) is 87.4 Å². The van der Waals surface area contributed by atoms with Gasteiger partial charge in [-0.15, -0.1) is 13.2 Å². The van der Waals surface area contributed by atoms with Crippen LogP contribution in [0.5, 0.6) is 5.75 Å². The Bertz CT molecular complexity index is 1100. The molecule has 158 valence electrons. The summed E-state index contributed by atoms with van der Waals surface area (Å²) in [5.41, 5.74) is 1.07. The molecule has 3 aromatic rings. The van der Waals surface area contributed by atoms with Gasteiger partial charge in [0.15, 0.2) is 0 Å². The number of nitrogens with zero attached hydrogens (tertiary/aromatic N) is 3. The van der Waals surface area contributed by atoms with Crippen molar-refractivity contribution < 1.29 is 27.4 Å². The number of aromatic nitrogens is 3. The maximum Gasteiger partial charge on any atom is 0.573 e. The van der Waals surface area contributed by atoms with Crippen molar-refractivity contribution in [2.24, 2.45) is 7.05 Å². The first-order valence-electron chi connectivity index (χ1n) is 8.72. The van der Waals surface area contributed by atoms with Crippen LogP contribution in [0.25, 0.3) is 16.8 Å². The summed E-state index contributed by atoms with van der Waals surface area (Å²) in [5, 5.41) is 6.60. The second-order valence-corrected chi connectivity index (χ2v) is 6.10. The van der Waals surface area contributed by atoms with Crippen molar-refractivity contribution in [2.75, 3.05) is 11.9 Å². The van der Waals surface area contributed by atoms with Gasteiger partial charge < -0.3 is 9.47 Å². The minimum absolute atomic E-state index is 0.150. The molecule has 0 aliphatic carbocycles. The third-order valence-electron chi connectivity index (χ3n) is 3.93.